The second-order valence-electron chi connectivity index (χ2n) is 15.1. The Hall–Kier alpha value is -1.88. The van der Waals surface area contributed by atoms with Crippen LogP contribution in [0.4, 0.5) is 0 Å². The molecular weight excluding hydrogens is 610 g/mol. The standard InChI is InChI=1S/C43H60O2P2/c1-31(2)44-39-26-13-16-29-42(39)47(43-30-17-14-27-40(43)45-32(3)4)41-28-15-12-23-38(41)37-25-18-24-36(37)33(5)46(34-19-8-6-9-20-34)35-21-10-7-11-22-35/h12-17,23,26-37H,6-11,18-22,24-25H2,1-5H3/t33-,36?,37?/m1/s1. The van der Waals surface area contributed by atoms with Gasteiger partial charge >= 0.3 is 0 Å². The van der Waals surface area contributed by atoms with E-state index in [-0.39, 0.29) is 20.1 Å². The van der Waals surface area contributed by atoms with Crippen molar-refractivity contribution in [2.45, 2.75) is 153 Å². The number of ether oxygens (including phenoxy) is 2. The van der Waals surface area contributed by atoms with Gasteiger partial charge in [-0.2, -0.15) is 0 Å². The van der Waals surface area contributed by atoms with Crippen LogP contribution < -0.4 is 25.4 Å². The van der Waals surface area contributed by atoms with Gasteiger partial charge in [-0.3, -0.25) is 0 Å². The predicted octanol–water partition coefficient (Wildman–Crippen LogP) is 11.4. The van der Waals surface area contributed by atoms with E-state index in [4.69, 9.17) is 9.47 Å². The third kappa shape index (κ3) is 8.30. The van der Waals surface area contributed by atoms with Crippen LogP contribution >= 0.6 is 15.8 Å². The van der Waals surface area contributed by atoms with Gasteiger partial charge < -0.3 is 9.47 Å². The minimum absolute atomic E-state index is 0.0362. The molecule has 0 aromatic heterocycles. The smallest absolute Gasteiger partial charge is 0.128 e. The van der Waals surface area contributed by atoms with Crippen LogP contribution in [0, 0.1) is 5.92 Å². The van der Waals surface area contributed by atoms with Crippen LogP contribution in [0.15, 0.2) is 72.8 Å². The topological polar surface area (TPSA) is 18.5 Å². The van der Waals surface area contributed by atoms with Crippen molar-refractivity contribution in [3.8, 4) is 11.5 Å². The van der Waals surface area contributed by atoms with E-state index >= 15 is 0 Å². The van der Waals surface area contributed by atoms with Crippen molar-refractivity contribution in [1.29, 1.82) is 0 Å². The summed E-state index contributed by atoms with van der Waals surface area (Å²) in [5.74, 6) is 3.43. The van der Waals surface area contributed by atoms with Gasteiger partial charge in [-0.25, -0.2) is 0 Å². The lowest BCUT2D eigenvalue weighted by Gasteiger charge is -2.45. The van der Waals surface area contributed by atoms with Gasteiger partial charge in [0.05, 0.1) is 12.2 Å². The number of benzene rings is 3. The zero-order valence-electron chi connectivity index (χ0n) is 29.9. The average molecular weight is 671 g/mol. The van der Waals surface area contributed by atoms with Gasteiger partial charge in [0.25, 0.3) is 0 Å². The summed E-state index contributed by atoms with van der Waals surface area (Å²) >= 11 is 0. The van der Waals surface area contributed by atoms with E-state index < -0.39 is 7.92 Å². The van der Waals surface area contributed by atoms with Gasteiger partial charge in [0.2, 0.25) is 0 Å². The molecule has 0 N–H and O–H groups in total. The van der Waals surface area contributed by atoms with Crippen LogP contribution in [-0.2, 0) is 0 Å². The fourth-order valence-corrected chi connectivity index (χ4v) is 16.6. The molecule has 3 fully saturated rings. The molecule has 0 saturated heterocycles. The van der Waals surface area contributed by atoms with Crippen molar-refractivity contribution >= 4 is 31.8 Å². The molecule has 4 heteroatoms. The highest BCUT2D eigenvalue weighted by Gasteiger charge is 2.43. The van der Waals surface area contributed by atoms with Gasteiger partial charge in [0.15, 0.2) is 0 Å². The van der Waals surface area contributed by atoms with Gasteiger partial charge in [-0.05, 0) is 126 Å². The summed E-state index contributed by atoms with van der Waals surface area (Å²) in [6.45, 7) is 11.3. The van der Waals surface area contributed by atoms with Crippen molar-refractivity contribution in [3.05, 3.63) is 78.4 Å². The summed E-state index contributed by atoms with van der Waals surface area (Å²) in [6, 6.07) is 27.3. The highest BCUT2D eigenvalue weighted by Crippen LogP contribution is 2.63. The maximum absolute atomic E-state index is 6.56. The normalized spacial score (nSPS) is 22.0. The van der Waals surface area contributed by atoms with Crippen molar-refractivity contribution in [2.75, 3.05) is 0 Å². The monoisotopic (exact) mass is 670 g/mol. The molecule has 0 bridgehead atoms. The van der Waals surface area contributed by atoms with E-state index in [0.717, 1.165) is 34.4 Å². The Morgan fingerprint density at radius 2 is 0.979 bits per heavy atom. The first kappa shape index (κ1) is 35.0. The second kappa shape index (κ2) is 16.7. The van der Waals surface area contributed by atoms with E-state index in [1.54, 1.807) is 5.56 Å². The van der Waals surface area contributed by atoms with Gasteiger partial charge in [0, 0.05) is 10.6 Å². The summed E-state index contributed by atoms with van der Waals surface area (Å²) in [6.07, 6.45) is 19.2. The average Bonchev–Trinajstić information content (AvgIpc) is 3.57. The lowest BCUT2D eigenvalue weighted by atomic mass is 9.87. The Morgan fingerprint density at radius 1 is 0.511 bits per heavy atom. The Bertz CT molecular complexity index is 1330. The number of hydrogen-bond acceptors (Lipinski definition) is 2. The molecule has 254 valence electrons. The molecule has 3 aliphatic rings. The number of rotatable bonds is 12. The Balaban J connectivity index is 1.43. The molecule has 0 aliphatic heterocycles. The lowest BCUT2D eigenvalue weighted by Crippen LogP contribution is -2.32. The van der Waals surface area contributed by atoms with Gasteiger partial charge in [-0.15, -0.1) is 0 Å². The third-order valence-corrected chi connectivity index (χ3v) is 17.8. The predicted molar refractivity (Wildman–Crippen MR) is 207 cm³/mol. The third-order valence-electron chi connectivity index (χ3n) is 11.2. The van der Waals surface area contributed by atoms with Crippen molar-refractivity contribution in [1.82, 2.24) is 0 Å². The quantitative estimate of drug-likeness (QED) is 0.179. The summed E-state index contributed by atoms with van der Waals surface area (Å²) in [4.78, 5) is 0. The highest BCUT2D eigenvalue weighted by molar-refractivity contribution is 7.80. The van der Waals surface area contributed by atoms with Crippen LogP contribution in [0.3, 0.4) is 0 Å². The van der Waals surface area contributed by atoms with Crippen LogP contribution in [-0.4, -0.2) is 29.2 Å². The van der Waals surface area contributed by atoms with E-state index in [9.17, 15) is 0 Å². The molecule has 2 unspecified atom stereocenters. The first-order valence-electron chi connectivity index (χ1n) is 19.1. The highest BCUT2D eigenvalue weighted by atomic mass is 31.1. The molecule has 2 nitrogen and oxygen atoms in total. The first-order valence-corrected chi connectivity index (χ1v) is 22.0. The first-order chi connectivity index (χ1) is 22.9. The Labute approximate surface area is 289 Å². The minimum atomic E-state index is -0.908. The molecule has 3 aliphatic carbocycles. The van der Waals surface area contributed by atoms with Crippen LogP contribution in [0.25, 0.3) is 0 Å². The van der Waals surface area contributed by atoms with E-state index in [1.807, 2.05) is 0 Å². The second-order valence-corrected chi connectivity index (χ2v) is 20.4. The molecule has 0 amide bonds. The molecule has 3 aromatic carbocycles. The molecule has 6 rings (SSSR count). The summed E-state index contributed by atoms with van der Waals surface area (Å²) in [5.41, 5.74) is 4.46. The molecule has 3 saturated carbocycles. The minimum Gasteiger partial charge on any atom is -0.490 e. The summed E-state index contributed by atoms with van der Waals surface area (Å²) in [7, 11) is -0.872. The number of hydrogen-bond donors (Lipinski definition) is 0. The van der Waals surface area contributed by atoms with Gasteiger partial charge in [-0.1, -0.05) is 120 Å². The van der Waals surface area contributed by atoms with E-state index in [1.165, 1.54) is 99.4 Å². The van der Waals surface area contributed by atoms with E-state index in [2.05, 4.69) is 107 Å². The fourth-order valence-electron chi connectivity index (χ4n) is 9.28. The molecule has 3 atom stereocenters. The SMILES string of the molecule is CC(C)Oc1ccccc1P(c1ccccc1OC(C)C)c1ccccc1C1CCCC1[C@@H](C)P(C1CCCCC1)C1CCCCC1. The van der Waals surface area contributed by atoms with E-state index in [0.29, 0.717) is 5.92 Å². The Morgan fingerprint density at radius 3 is 1.49 bits per heavy atom. The van der Waals surface area contributed by atoms with Crippen molar-refractivity contribution < 1.29 is 9.47 Å². The molecule has 0 radical (unpaired) electrons. The molecular formula is C43H60O2P2. The molecule has 0 heterocycles. The maximum Gasteiger partial charge on any atom is 0.128 e. The van der Waals surface area contributed by atoms with Crippen molar-refractivity contribution in [2.24, 2.45) is 5.92 Å². The van der Waals surface area contributed by atoms with Gasteiger partial charge in [0.1, 0.15) is 11.5 Å². The van der Waals surface area contributed by atoms with Crippen LogP contribution in [0.1, 0.15) is 130 Å². The van der Waals surface area contributed by atoms with Crippen LogP contribution in [0.5, 0.6) is 11.5 Å². The molecule has 0 spiro atoms. The van der Waals surface area contributed by atoms with Crippen molar-refractivity contribution in [3.63, 3.8) is 0 Å². The summed E-state index contributed by atoms with van der Waals surface area (Å²) in [5, 5.41) is 4.11. The lowest BCUT2D eigenvalue weighted by molar-refractivity contribution is 0.244. The van der Waals surface area contributed by atoms with Crippen LogP contribution in [0.2, 0.25) is 0 Å². The fraction of sp³-hybridized carbons (Fsp3) is 0.581. The zero-order valence-corrected chi connectivity index (χ0v) is 31.7. The molecule has 3 aromatic rings. The zero-order chi connectivity index (χ0) is 32.8. The summed E-state index contributed by atoms with van der Waals surface area (Å²) < 4.78 is 13.1. The number of para-hydroxylation sites is 2. The largest absolute Gasteiger partial charge is 0.490 e. The Kier molecular flexibility index (Phi) is 12.4. The maximum atomic E-state index is 6.56. The molecule has 47 heavy (non-hydrogen) atoms.